The largest absolute Gasteiger partial charge is 0.343 e. The highest BCUT2D eigenvalue weighted by atomic mass is 32.1. The molecule has 0 N–H and O–H groups in total. The van der Waals surface area contributed by atoms with Crippen LogP contribution in [0.2, 0.25) is 0 Å². The highest BCUT2D eigenvalue weighted by molar-refractivity contribution is 7.07. The number of amides is 1. The first-order valence-electron chi connectivity index (χ1n) is 10.8. The highest BCUT2D eigenvalue weighted by Gasteiger charge is 2.19. The molecule has 1 aliphatic rings. The van der Waals surface area contributed by atoms with Crippen LogP contribution in [0.25, 0.3) is 11.3 Å². The summed E-state index contributed by atoms with van der Waals surface area (Å²) in [7, 11) is 0. The summed E-state index contributed by atoms with van der Waals surface area (Å²) < 4.78 is 2.31. The number of likely N-dealkylation sites (tertiary alicyclic amines) is 1. The van der Waals surface area contributed by atoms with Gasteiger partial charge in [-0.2, -0.15) is 0 Å². The number of aromatic nitrogens is 1. The molecule has 156 valence electrons. The van der Waals surface area contributed by atoms with E-state index in [1.807, 2.05) is 4.90 Å². The van der Waals surface area contributed by atoms with Gasteiger partial charge in [0.2, 0.25) is 5.91 Å². The van der Waals surface area contributed by atoms with E-state index in [2.05, 4.69) is 72.3 Å². The fourth-order valence-corrected chi connectivity index (χ4v) is 4.82. The van der Waals surface area contributed by atoms with Gasteiger partial charge in [0.25, 0.3) is 0 Å². The van der Waals surface area contributed by atoms with Gasteiger partial charge in [-0.25, -0.2) is 4.99 Å². The number of carbonyl (C=O) groups excluding carboxylic acids is 1. The quantitative estimate of drug-likeness (QED) is 0.510. The second-order valence-electron chi connectivity index (χ2n) is 7.89. The minimum absolute atomic E-state index is 0.296. The fourth-order valence-electron chi connectivity index (χ4n) is 3.87. The summed E-state index contributed by atoms with van der Waals surface area (Å²) in [5.41, 5.74) is 5.96. The molecule has 0 saturated carbocycles. The second kappa shape index (κ2) is 9.43. The lowest BCUT2D eigenvalue weighted by atomic mass is 10.1. The first kappa shape index (κ1) is 20.6. The van der Waals surface area contributed by atoms with E-state index in [4.69, 9.17) is 4.99 Å². The normalized spacial score (nSPS) is 14.7. The second-order valence-corrected chi connectivity index (χ2v) is 8.73. The molecular formula is C25H29N3OS. The number of carbonyl (C=O) groups is 1. The van der Waals surface area contributed by atoms with Crippen molar-refractivity contribution >= 4 is 22.9 Å². The predicted octanol–water partition coefficient (Wildman–Crippen LogP) is 5.33. The molecule has 0 unspecified atom stereocenters. The molecule has 0 aliphatic carbocycles. The molecule has 0 bridgehead atoms. The molecule has 30 heavy (non-hydrogen) atoms. The highest BCUT2D eigenvalue weighted by Crippen LogP contribution is 2.22. The smallest absolute Gasteiger partial charge is 0.222 e. The minimum atomic E-state index is 0.296. The van der Waals surface area contributed by atoms with E-state index in [1.54, 1.807) is 11.3 Å². The zero-order chi connectivity index (χ0) is 20.9. The van der Waals surface area contributed by atoms with Crippen molar-refractivity contribution in [2.45, 2.75) is 46.1 Å². The fraction of sp³-hybridized carbons (Fsp3) is 0.360. The average molecular weight is 420 g/mol. The van der Waals surface area contributed by atoms with E-state index in [0.29, 0.717) is 12.3 Å². The van der Waals surface area contributed by atoms with Crippen molar-refractivity contribution < 1.29 is 4.79 Å². The van der Waals surface area contributed by atoms with Crippen LogP contribution in [0.3, 0.4) is 0 Å². The van der Waals surface area contributed by atoms with Gasteiger partial charge in [0.15, 0.2) is 4.80 Å². The van der Waals surface area contributed by atoms with Gasteiger partial charge in [-0.05, 0) is 49.4 Å². The van der Waals surface area contributed by atoms with Crippen LogP contribution >= 0.6 is 11.3 Å². The minimum Gasteiger partial charge on any atom is -0.343 e. The molecule has 0 atom stereocenters. The van der Waals surface area contributed by atoms with Crippen molar-refractivity contribution in [1.29, 1.82) is 0 Å². The summed E-state index contributed by atoms with van der Waals surface area (Å²) in [6.07, 6.45) is 3.66. The monoisotopic (exact) mass is 419 g/mol. The molecule has 0 radical (unpaired) electrons. The molecule has 5 heteroatoms. The third kappa shape index (κ3) is 4.73. The van der Waals surface area contributed by atoms with Crippen molar-refractivity contribution in [3.63, 3.8) is 0 Å². The molecule has 1 aromatic heterocycles. The van der Waals surface area contributed by atoms with E-state index >= 15 is 0 Å². The first-order valence-corrected chi connectivity index (χ1v) is 11.7. The number of thiazole rings is 1. The molecule has 1 saturated heterocycles. The Balaban J connectivity index is 1.63. The van der Waals surface area contributed by atoms with Crippen LogP contribution in [0, 0.1) is 6.92 Å². The number of hydrogen-bond acceptors (Lipinski definition) is 3. The van der Waals surface area contributed by atoms with Gasteiger partial charge in [-0.1, -0.05) is 48.9 Å². The molecular weight excluding hydrogens is 390 g/mol. The van der Waals surface area contributed by atoms with Gasteiger partial charge in [0.1, 0.15) is 0 Å². The zero-order valence-electron chi connectivity index (χ0n) is 17.8. The summed E-state index contributed by atoms with van der Waals surface area (Å²) in [5.74, 6) is 0.296. The number of rotatable bonds is 7. The zero-order valence-corrected chi connectivity index (χ0v) is 18.6. The molecule has 1 aliphatic heterocycles. The summed E-state index contributed by atoms with van der Waals surface area (Å²) in [6, 6.07) is 17.2. The summed E-state index contributed by atoms with van der Waals surface area (Å²) in [5, 5.41) is 2.20. The lowest BCUT2D eigenvalue weighted by Gasteiger charge is -2.16. The van der Waals surface area contributed by atoms with Crippen molar-refractivity contribution in [1.82, 2.24) is 9.47 Å². The van der Waals surface area contributed by atoms with Gasteiger partial charge in [-0.15, -0.1) is 11.3 Å². The summed E-state index contributed by atoms with van der Waals surface area (Å²) >= 11 is 1.68. The van der Waals surface area contributed by atoms with Gasteiger partial charge >= 0.3 is 0 Å². The van der Waals surface area contributed by atoms with Crippen molar-refractivity contribution in [2.24, 2.45) is 4.99 Å². The van der Waals surface area contributed by atoms with Crippen LogP contribution in [-0.2, 0) is 17.8 Å². The average Bonchev–Trinajstić information content (AvgIpc) is 3.35. The molecule has 2 heterocycles. The molecule has 2 aromatic carbocycles. The number of nitrogens with zero attached hydrogens (tertiary/aromatic N) is 3. The van der Waals surface area contributed by atoms with E-state index in [1.165, 1.54) is 22.4 Å². The lowest BCUT2D eigenvalue weighted by Crippen LogP contribution is -2.27. The molecule has 1 fully saturated rings. The standard InChI is InChI=1S/C25H29N3OS/c1-3-20-9-13-22(14-10-20)26-25-28(17-5-16-27-15-4-6-24(27)29)23(18-30-25)21-11-7-19(2)8-12-21/h7-14,18H,3-6,15-17H2,1-2H3. The topological polar surface area (TPSA) is 37.6 Å². The van der Waals surface area contributed by atoms with Crippen molar-refractivity contribution in [3.8, 4) is 11.3 Å². The number of aryl methyl sites for hydroxylation is 2. The van der Waals surface area contributed by atoms with Gasteiger partial charge in [0.05, 0.1) is 11.4 Å². The lowest BCUT2D eigenvalue weighted by molar-refractivity contribution is -0.127. The molecule has 1 amide bonds. The summed E-state index contributed by atoms with van der Waals surface area (Å²) in [6.45, 7) is 6.85. The Morgan fingerprint density at radius 3 is 2.47 bits per heavy atom. The predicted molar refractivity (Wildman–Crippen MR) is 124 cm³/mol. The first-order chi connectivity index (χ1) is 14.6. The molecule has 4 rings (SSSR count). The molecule has 3 aromatic rings. The molecule has 0 spiro atoms. The maximum atomic E-state index is 12.0. The SMILES string of the molecule is CCc1ccc(N=c2scc(-c3ccc(C)cc3)n2CCCN2CCCC2=O)cc1. The maximum absolute atomic E-state index is 12.0. The summed E-state index contributed by atoms with van der Waals surface area (Å²) in [4.78, 5) is 19.9. The van der Waals surface area contributed by atoms with E-state index < -0.39 is 0 Å². The van der Waals surface area contributed by atoms with Crippen LogP contribution in [0.4, 0.5) is 5.69 Å². The Kier molecular flexibility index (Phi) is 6.48. The van der Waals surface area contributed by atoms with Crippen LogP contribution < -0.4 is 4.80 Å². The Bertz CT molecular complexity index is 1060. The van der Waals surface area contributed by atoms with Gasteiger partial charge in [0, 0.05) is 31.4 Å². The Hall–Kier alpha value is -2.66. The molecule has 4 nitrogen and oxygen atoms in total. The Labute approximate surface area is 182 Å². The van der Waals surface area contributed by atoms with Crippen molar-refractivity contribution in [2.75, 3.05) is 13.1 Å². The van der Waals surface area contributed by atoms with Crippen LogP contribution in [0.15, 0.2) is 58.9 Å². The van der Waals surface area contributed by atoms with Gasteiger partial charge in [-0.3, -0.25) is 4.79 Å². The number of benzene rings is 2. The third-order valence-corrected chi connectivity index (χ3v) is 6.56. The van der Waals surface area contributed by atoms with E-state index in [-0.39, 0.29) is 0 Å². The van der Waals surface area contributed by atoms with E-state index in [9.17, 15) is 4.79 Å². The number of hydrogen-bond donors (Lipinski definition) is 0. The van der Waals surface area contributed by atoms with E-state index in [0.717, 1.165) is 49.4 Å². The third-order valence-electron chi connectivity index (χ3n) is 5.70. The van der Waals surface area contributed by atoms with Gasteiger partial charge < -0.3 is 9.47 Å². The van der Waals surface area contributed by atoms with Crippen LogP contribution in [0.1, 0.15) is 37.3 Å². The maximum Gasteiger partial charge on any atom is 0.222 e. The Morgan fingerprint density at radius 2 is 1.80 bits per heavy atom. The van der Waals surface area contributed by atoms with Crippen LogP contribution in [-0.4, -0.2) is 28.5 Å². The van der Waals surface area contributed by atoms with Crippen LogP contribution in [0.5, 0.6) is 0 Å². The van der Waals surface area contributed by atoms with Crippen molar-refractivity contribution in [3.05, 3.63) is 69.8 Å². The Morgan fingerprint density at radius 1 is 1.03 bits per heavy atom.